The minimum Gasteiger partial charge on any atom is -0.450 e. The number of carbonyl (C=O) groups excluding carboxylic acids is 1. The average molecular weight is 298 g/mol. The van der Waals surface area contributed by atoms with E-state index in [-0.39, 0.29) is 12.1 Å². The maximum Gasteiger partial charge on any atom is 0.409 e. The largest absolute Gasteiger partial charge is 0.450 e. The van der Waals surface area contributed by atoms with Crippen LogP contribution in [0.1, 0.15) is 25.3 Å². The smallest absolute Gasteiger partial charge is 0.409 e. The summed E-state index contributed by atoms with van der Waals surface area (Å²) in [6, 6.07) is 3.75. The molecule has 1 aliphatic heterocycles. The number of halogens is 2. The van der Waals surface area contributed by atoms with Crippen molar-refractivity contribution in [1.82, 2.24) is 10.2 Å². The Morgan fingerprint density at radius 3 is 2.48 bits per heavy atom. The van der Waals surface area contributed by atoms with Crippen molar-refractivity contribution in [2.45, 2.75) is 32.4 Å². The summed E-state index contributed by atoms with van der Waals surface area (Å²) in [5, 5.41) is 3.27. The maximum absolute atomic E-state index is 13.1. The van der Waals surface area contributed by atoms with Crippen molar-refractivity contribution in [2.24, 2.45) is 0 Å². The van der Waals surface area contributed by atoms with Crippen LogP contribution >= 0.6 is 0 Å². The van der Waals surface area contributed by atoms with Crippen LogP contribution in [0.2, 0.25) is 0 Å². The predicted molar refractivity (Wildman–Crippen MR) is 74.8 cm³/mol. The van der Waals surface area contributed by atoms with E-state index in [0.29, 0.717) is 31.8 Å². The molecule has 0 saturated carbocycles. The minimum absolute atomic E-state index is 0.238. The van der Waals surface area contributed by atoms with Crippen molar-refractivity contribution < 1.29 is 18.3 Å². The highest BCUT2D eigenvalue weighted by Gasteiger charge is 2.23. The van der Waals surface area contributed by atoms with Crippen LogP contribution in [0, 0.1) is 11.6 Å². The molecule has 1 fully saturated rings. The molecule has 1 amide bonds. The number of carbonyl (C=O) groups is 1. The van der Waals surface area contributed by atoms with Gasteiger partial charge in [-0.25, -0.2) is 13.6 Å². The van der Waals surface area contributed by atoms with Gasteiger partial charge in [0.1, 0.15) is 11.6 Å². The van der Waals surface area contributed by atoms with Gasteiger partial charge in [-0.1, -0.05) is 0 Å². The number of hydrogen-bond acceptors (Lipinski definition) is 3. The molecule has 1 aromatic rings. The minimum atomic E-state index is -0.566. The maximum atomic E-state index is 13.1. The van der Waals surface area contributed by atoms with Crippen LogP contribution in [0.4, 0.5) is 13.6 Å². The first-order chi connectivity index (χ1) is 10.1. The molecular weight excluding hydrogens is 278 g/mol. The number of nitrogens with zero attached hydrogens (tertiary/aromatic N) is 1. The van der Waals surface area contributed by atoms with E-state index in [2.05, 4.69) is 5.32 Å². The van der Waals surface area contributed by atoms with E-state index in [4.69, 9.17) is 4.74 Å². The third-order valence-electron chi connectivity index (χ3n) is 3.54. The van der Waals surface area contributed by atoms with Gasteiger partial charge in [-0.3, -0.25) is 0 Å². The third kappa shape index (κ3) is 4.67. The predicted octanol–water partition coefficient (Wildman–Crippen LogP) is 2.68. The first-order valence-electron chi connectivity index (χ1n) is 7.18. The summed E-state index contributed by atoms with van der Waals surface area (Å²) in [5.41, 5.74) is 0.584. The van der Waals surface area contributed by atoms with Crippen molar-refractivity contribution in [3.05, 3.63) is 35.4 Å². The molecule has 0 bridgehead atoms. The van der Waals surface area contributed by atoms with Gasteiger partial charge >= 0.3 is 6.09 Å². The number of likely N-dealkylation sites (tertiary alicyclic amines) is 1. The summed E-state index contributed by atoms with van der Waals surface area (Å²) in [6.45, 7) is 3.84. The van der Waals surface area contributed by atoms with Crippen molar-refractivity contribution >= 4 is 6.09 Å². The van der Waals surface area contributed by atoms with Crippen LogP contribution in [-0.4, -0.2) is 36.7 Å². The molecular formula is C15H20F2N2O2. The number of rotatable bonds is 4. The molecule has 1 aromatic carbocycles. The SMILES string of the molecule is CCOC(=O)N1CCC(NCc2cc(F)cc(F)c2)CC1. The Morgan fingerprint density at radius 1 is 1.29 bits per heavy atom. The van der Waals surface area contributed by atoms with Crippen LogP contribution in [0.15, 0.2) is 18.2 Å². The zero-order valence-corrected chi connectivity index (χ0v) is 12.1. The molecule has 1 N–H and O–H groups in total. The fourth-order valence-electron chi connectivity index (χ4n) is 2.46. The Labute approximate surface area is 123 Å². The molecule has 21 heavy (non-hydrogen) atoms. The number of amides is 1. The van der Waals surface area contributed by atoms with Crippen LogP contribution in [0.5, 0.6) is 0 Å². The second-order valence-corrected chi connectivity index (χ2v) is 5.12. The van der Waals surface area contributed by atoms with Crippen LogP contribution in [-0.2, 0) is 11.3 Å². The molecule has 0 unspecified atom stereocenters. The van der Waals surface area contributed by atoms with E-state index in [1.807, 2.05) is 0 Å². The number of benzene rings is 1. The van der Waals surface area contributed by atoms with Gasteiger partial charge in [0.15, 0.2) is 0 Å². The third-order valence-corrected chi connectivity index (χ3v) is 3.54. The lowest BCUT2D eigenvalue weighted by atomic mass is 10.0. The van der Waals surface area contributed by atoms with Gasteiger partial charge in [-0.2, -0.15) is 0 Å². The van der Waals surface area contributed by atoms with Crippen molar-refractivity contribution in [3.63, 3.8) is 0 Å². The summed E-state index contributed by atoms with van der Waals surface area (Å²) < 4.78 is 31.1. The van der Waals surface area contributed by atoms with E-state index in [1.54, 1.807) is 11.8 Å². The van der Waals surface area contributed by atoms with Crippen molar-refractivity contribution in [1.29, 1.82) is 0 Å². The summed E-state index contributed by atoms with van der Waals surface area (Å²) >= 11 is 0. The van der Waals surface area contributed by atoms with Gasteiger partial charge in [0.05, 0.1) is 6.61 Å². The number of hydrogen-bond donors (Lipinski definition) is 1. The van der Waals surface area contributed by atoms with Gasteiger partial charge < -0.3 is 15.0 Å². The molecule has 1 aliphatic rings. The summed E-state index contributed by atoms with van der Waals surface area (Å²) in [6.07, 6.45) is 1.33. The van der Waals surface area contributed by atoms with Gasteiger partial charge in [0, 0.05) is 31.7 Å². The summed E-state index contributed by atoms with van der Waals surface area (Å²) in [4.78, 5) is 13.2. The fraction of sp³-hybridized carbons (Fsp3) is 0.533. The van der Waals surface area contributed by atoms with Gasteiger partial charge in [0.25, 0.3) is 0 Å². The lowest BCUT2D eigenvalue weighted by Crippen LogP contribution is -2.44. The highest BCUT2D eigenvalue weighted by atomic mass is 19.1. The lowest BCUT2D eigenvalue weighted by Gasteiger charge is -2.31. The highest BCUT2D eigenvalue weighted by molar-refractivity contribution is 5.67. The average Bonchev–Trinajstić information content (AvgIpc) is 2.45. The second kappa shape index (κ2) is 7.36. The van der Waals surface area contributed by atoms with E-state index in [0.717, 1.165) is 18.9 Å². The normalized spacial score (nSPS) is 16.0. The van der Waals surface area contributed by atoms with Gasteiger partial charge in [0.2, 0.25) is 0 Å². The van der Waals surface area contributed by atoms with Gasteiger partial charge in [-0.05, 0) is 37.5 Å². The Bertz CT molecular complexity index is 468. The van der Waals surface area contributed by atoms with E-state index in [9.17, 15) is 13.6 Å². The van der Waals surface area contributed by atoms with Crippen LogP contribution in [0.3, 0.4) is 0 Å². The Kier molecular flexibility index (Phi) is 5.50. The van der Waals surface area contributed by atoms with E-state index in [1.165, 1.54) is 12.1 Å². The number of ether oxygens (including phenoxy) is 1. The Hall–Kier alpha value is -1.69. The van der Waals surface area contributed by atoms with Crippen molar-refractivity contribution in [2.75, 3.05) is 19.7 Å². The van der Waals surface area contributed by atoms with E-state index >= 15 is 0 Å². The zero-order valence-electron chi connectivity index (χ0n) is 12.1. The fourth-order valence-corrected chi connectivity index (χ4v) is 2.46. The molecule has 2 rings (SSSR count). The zero-order chi connectivity index (χ0) is 15.2. The van der Waals surface area contributed by atoms with E-state index < -0.39 is 11.6 Å². The van der Waals surface area contributed by atoms with Crippen LogP contribution < -0.4 is 5.32 Å². The first kappa shape index (κ1) is 15.7. The molecule has 6 heteroatoms. The summed E-state index contributed by atoms with van der Waals surface area (Å²) in [5.74, 6) is -1.13. The molecule has 116 valence electrons. The molecule has 1 heterocycles. The quantitative estimate of drug-likeness (QED) is 0.929. The summed E-state index contributed by atoms with van der Waals surface area (Å²) in [7, 11) is 0. The standard InChI is InChI=1S/C15H20F2N2O2/c1-2-21-15(20)19-5-3-14(4-6-19)18-10-11-7-12(16)9-13(17)8-11/h7-9,14,18H,2-6,10H2,1H3. The molecule has 1 saturated heterocycles. The van der Waals surface area contributed by atoms with Gasteiger partial charge in [-0.15, -0.1) is 0 Å². The second-order valence-electron chi connectivity index (χ2n) is 5.12. The molecule has 0 aromatic heterocycles. The first-order valence-corrected chi connectivity index (χ1v) is 7.18. The van der Waals surface area contributed by atoms with Crippen molar-refractivity contribution in [3.8, 4) is 0 Å². The Morgan fingerprint density at radius 2 is 1.90 bits per heavy atom. The molecule has 0 aliphatic carbocycles. The topological polar surface area (TPSA) is 41.6 Å². The number of piperidine rings is 1. The Balaban J connectivity index is 1.77. The number of nitrogens with one attached hydrogen (secondary N) is 1. The monoisotopic (exact) mass is 298 g/mol. The van der Waals surface area contributed by atoms with Crippen LogP contribution in [0.25, 0.3) is 0 Å². The molecule has 4 nitrogen and oxygen atoms in total. The molecule has 0 radical (unpaired) electrons. The lowest BCUT2D eigenvalue weighted by molar-refractivity contribution is 0.0950. The molecule has 0 atom stereocenters. The molecule has 0 spiro atoms. The highest BCUT2D eigenvalue weighted by Crippen LogP contribution is 2.13.